The summed E-state index contributed by atoms with van der Waals surface area (Å²) in [6.45, 7) is 0. The van der Waals surface area contributed by atoms with Gasteiger partial charge in [0.2, 0.25) is 0 Å². The van der Waals surface area contributed by atoms with Crippen molar-refractivity contribution in [2.45, 2.75) is 0 Å². The Bertz CT molecular complexity index is 267. The lowest BCUT2D eigenvalue weighted by Crippen LogP contribution is -2.18. The highest BCUT2D eigenvalue weighted by Crippen LogP contribution is 1.82. The predicted molar refractivity (Wildman–Crippen MR) is 36.4 cm³/mol. The maximum absolute atomic E-state index is 5.07. The quantitative estimate of drug-likeness (QED) is 0.604. The van der Waals surface area contributed by atoms with Crippen molar-refractivity contribution in [1.29, 1.82) is 0 Å². The van der Waals surface area contributed by atoms with Gasteiger partial charge in [-0.1, -0.05) is 9.69 Å². The molecule has 0 aliphatic rings. The minimum Gasteiger partial charge on any atom is -0.247 e. The van der Waals surface area contributed by atoms with Crippen molar-refractivity contribution in [2.75, 3.05) is 0 Å². The molecule has 0 saturated heterocycles. The van der Waals surface area contributed by atoms with Gasteiger partial charge in [-0.05, 0) is 12.1 Å². The van der Waals surface area contributed by atoms with Gasteiger partial charge in [0.05, 0.1) is 24.8 Å². The molecule has 11 heavy (non-hydrogen) atoms. The fraction of sp³-hybridized carbons (Fsp3) is 0. The van der Waals surface area contributed by atoms with Crippen molar-refractivity contribution in [3.63, 3.8) is 0 Å². The largest absolute Gasteiger partial charge is 0.247 e. The van der Waals surface area contributed by atoms with E-state index in [1.54, 1.807) is 36.9 Å². The molecule has 2 heterocycles. The van der Waals surface area contributed by atoms with Crippen LogP contribution in [0.25, 0.3) is 0 Å². The van der Waals surface area contributed by atoms with E-state index >= 15 is 0 Å². The van der Waals surface area contributed by atoms with Crippen molar-refractivity contribution in [2.24, 2.45) is 0 Å². The summed E-state index contributed by atoms with van der Waals surface area (Å²) in [5.41, 5.74) is 0. The molecule has 0 radical (unpaired) electrons. The van der Waals surface area contributed by atoms with Crippen LogP contribution in [0.5, 0.6) is 0 Å². The molecule has 0 aliphatic carbocycles. The summed E-state index contributed by atoms with van der Waals surface area (Å²) < 4.78 is 0. The van der Waals surface area contributed by atoms with E-state index in [0.717, 1.165) is 0 Å². The normalized spacial score (nSPS) is 9.82. The average molecular weight is 150 g/mol. The molecule has 2 aromatic rings. The van der Waals surface area contributed by atoms with Crippen molar-refractivity contribution in [3.05, 3.63) is 36.9 Å². The highest BCUT2D eigenvalue weighted by Gasteiger charge is 1.90. The molecule has 0 fully saturated rings. The molecular weight excluding hydrogens is 144 g/mol. The van der Waals surface area contributed by atoms with Gasteiger partial charge >= 0.3 is 0 Å². The van der Waals surface area contributed by atoms with Gasteiger partial charge in [0.1, 0.15) is 0 Å². The van der Waals surface area contributed by atoms with E-state index in [1.807, 2.05) is 0 Å². The fourth-order valence-electron chi connectivity index (χ4n) is 0.692. The highest BCUT2D eigenvalue weighted by molar-refractivity contribution is 4.77. The van der Waals surface area contributed by atoms with E-state index in [9.17, 15) is 0 Å². The molecule has 0 bridgehead atoms. The van der Waals surface area contributed by atoms with Crippen molar-refractivity contribution < 1.29 is 4.94 Å². The van der Waals surface area contributed by atoms with E-state index in [1.165, 1.54) is 9.69 Å². The molecule has 5 heteroatoms. The molecule has 0 aromatic carbocycles. The van der Waals surface area contributed by atoms with Gasteiger partial charge in [-0.25, -0.2) is 4.94 Å². The molecule has 0 saturated carbocycles. The second-order valence-electron chi connectivity index (χ2n) is 1.90. The number of hydrogen-bond acceptors (Lipinski definition) is 3. The lowest BCUT2D eigenvalue weighted by atomic mass is 10.8. The Morgan fingerprint density at radius 1 is 0.909 bits per heavy atom. The number of aromatic nitrogens is 4. The van der Waals surface area contributed by atoms with Crippen LogP contribution in [0.15, 0.2) is 36.9 Å². The zero-order valence-electron chi connectivity index (χ0n) is 5.66. The fourth-order valence-corrected chi connectivity index (χ4v) is 0.692. The molecular formula is C6H6N4O. The van der Waals surface area contributed by atoms with Gasteiger partial charge in [0.25, 0.3) is 0 Å². The summed E-state index contributed by atoms with van der Waals surface area (Å²) in [4.78, 5) is 7.69. The standard InChI is InChI=1S/C6H6N4O/c1-3-7-9(5-1)11-10-6-2-4-8-10/h1-6H. The minimum atomic E-state index is 1.31. The third-order valence-electron chi connectivity index (χ3n) is 1.13. The molecule has 5 nitrogen and oxygen atoms in total. The molecule has 56 valence electrons. The van der Waals surface area contributed by atoms with E-state index in [0.29, 0.717) is 0 Å². The summed E-state index contributed by atoms with van der Waals surface area (Å²) in [5.74, 6) is 0. The van der Waals surface area contributed by atoms with Crippen LogP contribution >= 0.6 is 0 Å². The Kier molecular flexibility index (Phi) is 1.33. The Labute approximate surface area is 62.7 Å². The highest BCUT2D eigenvalue weighted by atomic mass is 16.8. The van der Waals surface area contributed by atoms with Crippen molar-refractivity contribution in [3.8, 4) is 0 Å². The summed E-state index contributed by atoms with van der Waals surface area (Å²) in [6.07, 6.45) is 6.62. The number of rotatable bonds is 2. The van der Waals surface area contributed by atoms with E-state index < -0.39 is 0 Å². The third kappa shape index (κ3) is 1.21. The molecule has 2 aromatic heterocycles. The van der Waals surface area contributed by atoms with Crippen LogP contribution in [0.2, 0.25) is 0 Å². The lowest BCUT2D eigenvalue weighted by molar-refractivity contribution is -0.00913. The maximum atomic E-state index is 5.07. The molecule has 0 spiro atoms. The first kappa shape index (κ1) is 5.96. The van der Waals surface area contributed by atoms with E-state index in [2.05, 4.69) is 10.2 Å². The van der Waals surface area contributed by atoms with E-state index in [4.69, 9.17) is 4.94 Å². The first-order chi connectivity index (χ1) is 5.45. The summed E-state index contributed by atoms with van der Waals surface area (Å²) in [6, 6.07) is 3.53. The van der Waals surface area contributed by atoms with Crippen molar-refractivity contribution in [1.82, 2.24) is 19.9 Å². The first-order valence-corrected chi connectivity index (χ1v) is 3.13. The summed E-state index contributed by atoms with van der Waals surface area (Å²) in [5, 5.41) is 7.65. The average Bonchev–Trinajstić information content (AvgIpc) is 2.60. The number of nitrogens with zero attached hydrogens (tertiary/aromatic N) is 4. The molecule has 0 unspecified atom stereocenters. The monoisotopic (exact) mass is 150 g/mol. The Morgan fingerprint density at radius 3 is 1.82 bits per heavy atom. The van der Waals surface area contributed by atoms with Crippen LogP contribution in [0.4, 0.5) is 0 Å². The van der Waals surface area contributed by atoms with Crippen molar-refractivity contribution >= 4 is 0 Å². The SMILES string of the molecule is c1cnn(On2cccn2)c1. The van der Waals surface area contributed by atoms with Gasteiger partial charge in [-0.15, -0.1) is 10.2 Å². The minimum absolute atomic E-state index is 1.31. The molecule has 0 atom stereocenters. The molecule has 0 amide bonds. The Morgan fingerprint density at radius 2 is 1.45 bits per heavy atom. The van der Waals surface area contributed by atoms with Crippen LogP contribution in [0.3, 0.4) is 0 Å². The van der Waals surface area contributed by atoms with Crippen LogP contribution in [-0.4, -0.2) is 19.9 Å². The maximum Gasteiger partial charge on any atom is 0.0697 e. The Hall–Kier alpha value is -1.78. The molecule has 2 rings (SSSR count). The third-order valence-corrected chi connectivity index (χ3v) is 1.13. The smallest absolute Gasteiger partial charge is 0.0697 e. The molecule has 0 aliphatic heterocycles. The van der Waals surface area contributed by atoms with Gasteiger partial charge < -0.3 is 0 Å². The second-order valence-corrected chi connectivity index (χ2v) is 1.90. The topological polar surface area (TPSA) is 44.9 Å². The van der Waals surface area contributed by atoms with Gasteiger partial charge in [0.15, 0.2) is 0 Å². The lowest BCUT2D eigenvalue weighted by Gasteiger charge is -1.99. The van der Waals surface area contributed by atoms with Crippen LogP contribution < -0.4 is 4.94 Å². The van der Waals surface area contributed by atoms with Crippen LogP contribution in [0, 0.1) is 0 Å². The second kappa shape index (κ2) is 2.45. The molecule has 0 N–H and O–H groups in total. The zero-order valence-corrected chi connectivity index (χ0v) is 5.66. The van der Waals surface area contributed by atoms with Gasteiger partial charge in [-0.3, -0.25) is 0 Å². The summed E-state index contributed by atoms with van der Waals surface area (Å²) in [7, 11) is 0. The van der Waals surface area contributed by atoms with Crippen LogP contribution in [-0.2, 0) is 0 Å². The zero-order chi connectivity index (χ0) is 7.52. The van der Waals surface area contributed by atoms with Gasteiger partial charge in [-0.2, -0.15) is 0 Å². The van der Waals surface area contributed by atoms with Gasteiger partial charge in [0, 0.05) is 0 Å². The van der Waals surface area contributed by atoms with Crippen LogP contribution in [0.1, 0.15) is 0 Å². The predicted octanol–water partition coefficient (Wildman–Crippen LogP) is -0.0285. The summed E-state index contributed by atoms with van der Waals surface area (Å²) >= 11 is 0. The first-order valence-electron chi connectivity index (χ1n) is 3.13. The number of hydrogen-bond donors (Lipinski definition) is 0. The van der Waals surface area contributed by atoms with E-state index in [-0.39, 0.29) is 0 Å². The Balaban J connectivity index is 2.14.